The molecule has 0 aromatic carbocycles. The molecule has 1 saturated heterocycles. The fourth-order valence-corrected chi connectivity index (χ4v) is 5.49. The summed E-state index contributed by atoms with van der Waals surface area (Å²) < 4.78 is 28.4. The van der Waals surface area contributed by atoms with Gasteiger partial charge >= 0.3 is 0 Å². The first kappa shape index (κ1) is 21.5. The first-order valence-corrected chi connectivity index (χ1v) is 11.8. The maximum absolute atomic E-state index is 12.7. The Labute approximate surface area is 181 Å². The number of rotatable bonds is 6. The van der Waals surface area contributed by atoms with E-state index < -0.39 is 16.1 Å². The first-order chi connectivity index (χ1) is 14.9. The number of aryl methyl sites for hydroxylation is 1. The maximum atomic E-state index is 12.7. The third-order valence-electron chi connectivity index (χ3n) is 5.82. The highest BCUT2D eigenvalue weighted by molar-refractivity contribution is 7.89. The van der Waals surface area contributed by atoms with E-state index in [1.165, 1.54) is 27.6 Å². The third-order valence-corrected chi connectivity index (χ3v) is 7.67. The van der Waals surface area contributed by atoms with Gasteiger partial charge < -0.3 is 15.7 Å². The number of hydrogen-bond acceptors (Lipinski definition) is 9. The number of aromatic nitrogens is 4. The zero-order valence-corrected chi connectivity index (χ0v) is 18.1. The van der Waals surface area contributed by atoms with Gasteiger partial charge in [0.05, 0.1) is 24.5 Å². The van der Waals surface area contributed by atoms with Crippen molar-refractivity contribution >= 4 is 21.8 Å². The highest BCUT2D eigenvalue weighted by Crippen LogP contribution is 2.25. The summed E-state index contributed by atoms with van der Waals surface area (Å²) in [6.45, 7) is 0.759. The van der Waals surface area contributed by atoms with Crippen LogP contribution in [-0.2, 0) is 17.1 Å². The third kappa shape index (κ3) is 4.63. The van der Waals surface area contributed by atoms with Gasteiger partial charge in [0, 0.05) is 32.4 Å². The Balaban J connectivity index is 1.39. The van der Waals surface area contributed by atoms with E-state index in [2.05, 4.69) is 31.8 Å². The van der Waals surface area contributed by atoms with Crippen LogP contribution in [0.1, 0.15) is 37.7 Å². The summed E-state index contributed by atoms with van der Waals surface area (Å²) in [5.41, 5.74) is 0.321. The maximum Gasteiger partial charge on any atom is 0.246 e. The molecule has 0 unspecified atom stereocenters. The lowest BCUT2D eigenvalue weighted by Crippen LogP contribution is -2.42. The number of nitrogens with zero attached hydrogens (tertiary/aromatic N) is 6. The molecular formula is C19H26N8O3S. The minimum atomic E-state index is -3.55. The topological polar surface area (TPSA) is 149 Å². The molecule has 2 fully saturated rings. The van der Waals surface area contributed by atoms with Crippen LogP contribution >= 0.6 is 0 Å². The molecule has 12 heteroatoms. The van der Waals surface area contributed by atoms with Gasteiger partial charge in [-0.25, -0.2) is 13.4 Å². The van der Waals surface area contributed by atoms with Gasteiger partial charge in [0.25, 0.3) is 0 Å². The molecule has 2 atom stereocenters. The molecule has 1 aliphatic heterocycles. The largest absolute Gasteiger partial charge is 0.391 e. The van der Waals surface area contributed by atoms with Crippen LogP contribution in [0.4, 0.5) is 11.8 Å². The van der Waals surface area contributed by atoms with Crippen molar-refractivity contribution in [2.24, 2.45) is 7.05 Å². The molecule has 0 amide bonds. The minimum absolute atomic E-state index is 0.0122. The molecule has 3 N–H and O–H groups in total. The fourth-order valence-electron chi connectivity index (χ4n) is 4.03. The molecule has 11 nitrogen and oxygen atoms in total. The van der Waals surface area contributed by atoms with E-state index in [-0.39, 0.29) is 17.0 Å². The van der Waals surface area contributed by atoms with Crippen molar-refractivity contribution in [1.82, 2.24) is 24.1 Å². The number of nitriles is 1. The Kier molecular flexibility index (Phi) is 6.08. The van der Waals surface area contributed by atoms with Crippen LogP contribution in [-0.4, -0.2) is 68.9 Å². The molecule has 0 bridgehead atoms. The molecule has 1 aliphatic carbocycles. The molecule has 2 aliphatic rings. The van der Waals surface area contributed by atoms with E-state index in [1.807, 2.05) is 0 Å². The highest BCUT2D eigenvalue weighted by Gasteiger charge is 2.31. The van der Waals surface area contributed by atoms with Crippen LogP contribution in [0.15, 0.2) is 23.5 Å². The molecule has 3 heterocycles. The average Bonchev–Trinajstić information content (AvgIpc) is 3.37. The van der Waals surface area contributed by atoms with Gasteiger partial charge in [-0.05, 0) is 32.1 Å². The molecular weight excluding hydrogens is 420 g/mol. The Morgan fingerprint density at radius 3 is 2.58 bits per heavy atom. The molecule has 0 spiro atoms. The Hall–Kier alpha value is -2.75. The van der Waals surface area contributed by atoms with Gasteiger partial charge in [-0.2, -0.15) is 19.6 Å². The monoisotopic (exact) mass is 446 g/mol. The second-order valence-corrected chi connectivity index (χ2v) is 9.93. The van der Waals surface area contributed by atoms with Crippen molar-refractivity contribution in [2.75, 3.05) is 23.7 Å². The summed E-state index contributed by atoms with van der Waals surface area (Å²) in [4.78, 5) is 8.87. The second-order valence-electron chi connectivity index (χ2n) is 7.99. The summed E-state index contributed by atoms with van der Waals surface area (Å²) in [6.07, 6.45) is 7.56. The fraction of sp³-hybridized carbons (Fsp3) is 0.579. The molecule has 0 radical (unpaired) electrons. The van der Waals surface area contributed by atoms with Gasteiger partial charge in [-0.15, -0.1) is 0 Å². The van der Waals surface area contributed by atoms with Crippen molar-refractivity contribution in [2.45, 2.75) is 55.2 Å². The molecule has 166 valence electrons. The van der Waals surface area contributed by atoms with Crippen molar-refractivity contribution in [3.05, 3.63) is 24.2 Å². The van der Waals surface area contributed by atoms with Crippen LogP contribution in [0.2, 0.25) is 0 Å². The number of hydrogen-bond donors (Lipinski definition) is 3. The zero-order chi connectivity index (χ0) is 22.0. The minimum Gasteiger partial charge on any atom is -0.391 e. The smallest absolute Gasteiger partial charge is 0.246 e. The normalized spacial score (nSPS) is 22.9. The van der Waals surface area contributed by atoms with E-state index in [0.29, 0.717) is 43.3 Å². The quantitative estimate of drug-likeness (QED) is 0.582. The van der Waals surface area contributed by atoms with E-state index in [0.717, 1.165) is 19.3 Å². The number of sulfonamides is 1. The van der Waals surface area contributed by atoms with Crippen LogP contribution in [0.3, 0.4) is 0 Å². The SMILES string of the molecule is Cn1cc(S(=O)(=O)N2CCC(Nc3ncc(C#N)c(N[C@@H]4CCC[C@H]4O)n3)CC2)cn1. The van der Waals surface area contributed by atoms with Gasteiger partial charge in [0.2, 0.25) is 16.0 Å². The van der Waals surface area contributed by atoms with E-state index in [9.17, 15) is 18.8 Å². The number of aliphatic hydroxyl groups is 1. The summed E-state index contributed by atoms with van der Waals surface area (Å²) in [6, 6.07) is 1.96. The van der Waals surface area contributed by atoms with E-state index in [4.69, 9.17) is 0 Å². The number of nitrogens with one attached hydrogen (secondary N) is 2. The first-order valence-electron chi connectivity index (χ1n) is 10.3. The summed E-state index contributed by atoms with van der Waals surface area (Å²) in [7, 11) is -1.87. The van der Waals surface area contributed by atoms with Crippen molar-refractivity contribution in [1.29, 1.82) is 5.26 Å². The lowest BCUT2D eigenvalue weighted by Gasteiger charge is -2.31. The Morgan fingerprint density at radius 1 is 1.19 bits per heavy atom. The van der Waals surface area contributed by atoms with Gasteiger partial charge in [-0.3, -0.25) is 4.68 Å². The Bertz CT molecular complexity index is 1070. The lowest BCUT2D eigenvalue weighted by atomic mass is 10.1. The van der Waals surface area contributed by atoms with Crippen molar-refractivity contribution in [3.8, 4) is 6.07 Å². The average molecular weight is 447 g/mol. The van der Waals surface area contributed by atoms with Gasteiger partial charge in [0.15, 0.2) is 0 Å². The standard InChI is InChI=1S/C19H26N8O3S/c1-26-12-15(11-22-26)31(29,30)27-7-5-14(6-8-27)23-19-21-10-13(9-20)18(25-19)24-16-3-2-4-17(16)28/h10-12,14,16-17,28H,2-8H2,1H3,(H2,21,23,24,25)/t16-,17-/m1/s1. The summed E-state index contributed by atoms with van der Waals surface area (Å²) >= 11 is 0. The van der Waals surface area contributed by atoms with Crippen LogP contribution < -0.4 is 10.6 Å². The van der Waals surface area contributed by atoms with Crippen molar-refractivity contribution < 1.29 is 13.5 Å². The molecule has 1 saturated carbocycles. The van der Waals surface area contributed by atoms with E-state index >= 15 is 0 Å². The van der Waals surface area contributed by atoms with E-state index in [1.54, 1.807) is 7.05 Å². The highest BCUT2D eigenvalue weighted by atomic mass is 32.2. The lowest BCUT2D eigenvalue weighted by molar-refractivity contribution is 0.171. The van der Waals surface area contributed by atoms with Crippen molar-refractivity contribution in [3.63, 3.8) is 0 Å². The number of aliphatic hydroxyl groups excluding tert-OH is 1. The molecule has 2 aromatic rings. The number of piperidine rings is 1. The van der Waals surface area contributed by atoms with Gasteiger partial charge in [0.1, 0.15) is 22.3 Å². The molecule has 4 rings (SSSR count). The molecule has 2 aromatic heterocycles. The summed E-state index contributed by atoms with van der Waals surface area (Å²) in [5.74, 6) is 0.782. The van der Waals surface area contributed by atoms with Gasteiger partial charge in [-0.1, -0.05) is 0 Å². The number of anilines is 2. The summed E-state index contributed by atoms with van der Waals surface area (Å²) in [5, 5.41) is 29.8. The Morgan fingerprint density at radius 2 is 1.97 bits per heavy atom. The predicted molar refractivity (Wildman–Crippen MR) is 113 cm³/mol. The second kappa shape index (κ2) is 8.78. The van der Waals surface area contributed by atoms with Crippen LogP contribution in [0, 0.1) is 11.3 Å². The zero-order valence-electron chi connectivity index (χ0n) is 17.3. The molecule has 31 heavy (non-hydrogen) atoms. The van der Waals surface area contributed by atoms with Crippen LogP contribution in [0.5, 0.6) is 0 Å². The predicted octanol–water partition coefficient (Wildman–Crippen LogP) is 0.672. The van der Waals surface area contributed by atoms with Crippen LogP contribution in [0.25, 0.3) is 0 Å².